The predicted molar refractivity (Wildman–Crippen MR) is 109 cm³/mol. The smallest absolute Gasteiger partial charge is 0.266 e. The number of rotatable bonds is 6. The summed E-state index contributed by atoms with van der Waals surface area (Å²) >= 11 is 0. The van der Waals surface area contributed by atoms with Gasteiger partial charge in [0.05, 0.1) is 11.1 Å². The molecule has 2 N–H and O–H groups in total. The normalized spacial score (nSPS) is 11.6. The van der Waals surface area contributed by atoms with Crippen LogP contribution in [0.5, 0.6) is 0 Å². The van der Waals surface area contributed by atoms with Gasteiger partial charge in [0, 0.05) is 36.4 Å². The molecule has 152 valence electrons. The van der Waals surface area contributed by atoms with Crippen LogP contribution in [-0.2, 0) is 21.9 Å². The van der Waals surface area contributed by atoms with Crippen LogP contribution in [0.3, 0.4) is 0 Å². The Hall–Kier alpha value is -4.04. The van der Waals surface area contributed by atoms with Crippen molar-refractivity contribution in [2.45, 2.75) is 11.8 Å². The van der Waals surface area contributed by atoms with Crippen molar-refractivity contribution in [1.29, 1.82) is 5.26 Å². The first-order valence-corrected chi connectivity index (χ1v) is 10.1. The molecule has 1 aromatic carbocycles. The highest BCUT2D eigenvalue weighted by atomic mass is 32.2. The van der Waals surface area contributed by atoms with Crippen molar-refractivity contribution in [3.63, 3.8) is 0 Å². The first-order valence-electron chi connectivity index (χ1n) is 8.61. The van der Waals surface area contributed by atoms with E-state index in [0.717, 1.165) is 0 Å². The molecule has 3 aromatic rings. The van der Waals surface area contributed by atoms with Crippen molar-refractivity contribution in [2.75, 3.05) is 10.0 Å². The van der Waals surface area contributed by atoms with Crippen molar-refractivity contribution < 1.29 is 13.2 Å². The van der Waals surface area contributed by atoms with Gasteiger partial charge in [0.15, 0.2) is 0 Å². The Morgan fingerprint density at radius 3 is 2.57 bits per heavy atom. The van der Waals surface area contributed by atoms with Gasteiger partial charge in [-0.15, -0.1) is 0 Å². The molecule has 0 aliphatic heterocycles. The first-order chi connectivity index (χ1) is 14.3. The van der Waals surface area contributed by atoms with Gasteiger partial charge in [0.25, 0.3) is 15.9 Å². The number of carbonyl (C=O) groups excluding carboxylic acids is 1. The molecule has 0 saturated carbocycles. The number of hydrogen-bond donors (Lipinski definition) is 2. The van der Waals surface area contributed by atoms with E-state index in [2.05, 4.69) is 25.1 Å². The number of nitrogens with one attached hydrogen (secondary N) is 2. The quantitative estimate of drug-likeness (QED) is 0.455. The zero-order valence-corrected chi connectivity index (χ0v) is 16.9. The Morgan fingerprint density at radius 1 is 1.23 bits per heavy atom. The van der Waals surface area contributed by atoms with Crippen molar-refractivity contribution in [3.05, 3.63) is 65.8 Å². The summed E-state index contributed by atoms with van der Waals surface area (Å²) in [6.45, 7) is 1.72. The number of hydrogen-bond acceptors (Lipinski definition) is 7. The molecular weight excluding hydrogens is 406 g/mol. The Balaban J connectivity index is 1.72. The van der Waals surface area contributed by atoms with Crippen LogP contribution in [-0.4, -0.2) is 34.1 Å². The van der Waals surface area contributed by atoms with Crippen molar-refractivity contribution in [3.8, 4) is 6.07 Å². The highest BCUT2D eigenvalue weighted by Gasteiger charge is 2.16. The van der Waals surface area contributed by atoms with E-state index in [1.165, 1.54) is 42.7 Å². The molecule has 0 aliphatic rings. The summed E-state index contributed by atoms with van der Waals surface area (Å²) in [6.07, 6.45) is 6.04. The maximum Gasteiger partial charge on any atom is 0.266 e. The molecule has 0 unspecified atom stereocenters. The monoisotopic (exact) mass is 423 g/mol. The molecule has 0 fully saturated rings. The van der Waals surface area contributed by atoms with Crippen LogP contribution in [0, 0.1) is 18.3 Å². The number of amides is 1. The van der Waals surface area contributed by atoms with E-state index in [4.69, 9.17) is 0 Å². The molecule has 11 heteroatoms. The fourth-order valence-corrected chi connectivity index (χ4v) is 3.37. The molecule has 0 saturated heterocycles. The number of carbonyl (C=O) groups is 1. The molecule has 0 spiro atoms. The van der Waals surface area contributed by atoms with E-state index in [1.807, 2.05) is 6.07 Å². The average molecular weight is 423 g/mol. The standard InChI is InChI=1S/C19H17N7O3S/c1-13-7-8-21-19(23-13)25-30(28,29)17-5-3-16(4-6-17)24-18(27)15(10-20)9-14-11-22-26(2)12-14/h3-9,11-12H,1-2H3,(H,24,27)(H,21,23,25). The lowest BCUT2D eigenvalue weighted by atomic mass is 10.2. The lowest BCUT2D eigenvalue weighted by Gasteiger charge is -2.08. The molecule has 3 rings (SSSR count). The van der Waals surface area contributed by atoms with Gasteiger partial charge in [-0.3, -0.25) is 9.48 Å². The molecule has 0 aliphatic carbocycles. The molecule has 0 atom stereocenters. The number of anilines is 2. The van der Waals surface area contributed by atoms with Crippen LogP contribution in [0.4, 0.5) is 11.6 Å². The minimum atomic E-state index is -3.90. The first kappa shape index (κ1) is 20.7. The second-order valence-electron chi connectivity index (χ2n) is 6.22. The highest BCUT2D eigenvalue weighted by Crippen LogP contribution is 2.17. The van der Waals surface area contributed by atoms with Crippen LogP contribution < -0.4 is 10.0 Å². The van der Waals surface area contributed by atoms with Crippen LogP contribution >= 0.6 is 0 Å². The van der Waals surface area contributed by atoms with Crippen LogP contribution in [0.1, 0.15) is 11.3 Å². The second-order valence-corrected chi connectivity index (χ2v) is 7.91. The third-order valence-corrected chi connectivity index (χ3v) is 5.19. The maximum atomic E-state index is 12.5. The molecule has 30 heavy (non-hydrogen) atoms. The van der Waals surface area contributed by atoms with E-state index in [-0.39, 0.29) is 16.4 Å². The van der Waals surface area contributed by atoms with Crippen molar-refractivity contribution in [2.24, 2.45) is 7.05 Å². The van der Waals surface area contributed by atoms with Gasteiger partial charge < -0.3 is 5.32 Å². The van der Waals surface area contributed by atoms with Gasteiger partial charge in [0.2, 0.25) is 5.95 Å². The van der Waals surface area contributed by atoms with Crippen LogP contribution in [0.15, 0.2) is 59.4 Å². The fraction of sp³-hybridized carbons (Fsp3) is 0.105. The molecule has 0 radical (unpaired) electrons. The van der Waals surface area contributed by atoms with Crippen molar-refractivity contribution >= 4 is 33.6 Å². The summed E-state index contributed by atoms with van der Waals surface area (Å²) < 4.78 is 28.8. The zero-order chi connectivity index (χ0) is 21.7. The highest BCUT2D eigenvalue weighted by molar-refractivity contribution is 7.92. The van der Waals surface area contributed by atoms with Crippen LogP contribution in [0.2, 0.25) is 0 Å². The molecule has 0 bridgehead atoms. The van der Waals surface area contributed by atoms with Crippen LogP contribution in [0.25, 0.3) is 6.08 Å². The van der Waals surface area contributed by atoms with E-state index in [1.54, 1.807) is 30.9 Å². The number of nitriles is 1. The number of aryl methyl sites for hydroxylation is 2. The van der Waals surface area contributed by atoms with Gasteiger partial charge in [-0.05, 0) is 43.3 Å². The van der Waals surface area contributed by atoms with E-state index >= 15 is 0 Å². The summed E-state index contributed by atoms with van der Waals surface area (Å²) in [4.78, 5) is 20.2. The zero-order valence-electron chi connectivity index (χ0n) is 16.1. The predicted octanol–water partition coefficient (Wildman–Crippen LogP) is 1.86. The average Bonchev–Trinajstić information content (AvgIpc) is 3.11. The van der Waals surface area contributed by atoms with Gasteiger partial charge in [-0.25, -0.2) is 23.1 Å². The Labute approximate surface area is 173 Å². The summed E-state index contributed by atoms with van der Waals surface area (Å²) in [6, 6.07) is 8.97. The minimum Gasteiger partial charge on any atom is -0.321 e. The summed E-state index contributed by atoms with van der Waals surface area (Å²) in [5, 5.41) is 15.8. The van der Waals surface area contributed by atoms with E-state index in [0.29, 0.717) is 16.9 Å². The number of sulfonamides is 1. The topological polar surface area (TPSA) is 143 Å². The minimum absolute atomic E-state index is 0.0305. The number of benzene rings is 1. The molecule has 1 amide bonds. The molecule has 2 heterocycles. The Bertz CT molecular complexity index is 1260. The third-order valence-electron chi connectivity index (χ3n) is 3.84. The molecular formula is C19H17N7O3S. The Kier molecular flexibility index (Phi) is 5.89. The van der Waals surface area contributed by atoms with Gasteiger partial charge in [-0.1, -0.05) is 0 Å². The third kappa shape index (κ3) is 5.06. The summed E-state index contributed by atoms with van der Waals surface area (Å²) in [5.74, 6) is -0.658. The largest absolute Gasteiger partial charge is 0.321 e. The maximum absolute atomic E-state index is 12.5. The second kappa shape index (κ2) is 8.54. The summed E-state index contributed by atoms with van der Waals surface area (Å²) in [5.41, 5.74) is 1.44. The Morgan fingerprint density at radius 2 is 1.97 bits per heavy atom. The number of aromatic nitrogens is 4. The van der Waals surface area contributed by atoms with Crippen molar-refractivity contribution in [1.82, 2.24) is 19.7 Å². The molecule has 2 aromatic heterocycles. The summed E-state index contributed by atoms with van der Waals surface area (Å²) in [7, 11) is -2.17. The SMILES string of the molecule is Cc1ccnc(NS(=O)(=O)c2ccc(NC(=O)C(C#N)=Cc3cnn(C)c3)cc2)n1. The van der Waals surface area contributed by atoms with Gasteiger partial charge in [0.1, 0.15) is 11.6 Å². The number of nitrogens with zero attached hydrogens (tertiary/aromatic N) is 5. The lowest BCUT2D eigenvalue weighted by Crippen LogP contribution is -2.16. The molecule has 10 nitrogen and oxygen atoms in total. The van der Waals surface area contributed by atoms with Gasteiger partial charge >= 0.3 is 0 Å². The lowest BCUT2D eigenvalue weighted by molar-refractivity contribution is -0.112. The van der Waals surface area contributed by atoms with E-state index < -0.39 is 15.9 Å². The fourth-order valence-electron chi connectivity index (χ4n) is 2.42. The van der Waals surface area contributed by atoms with E-state index in [9.17, 15) is 18.5 Å². The van der Waals surface area contributed by atoms with Gasteiger partial charge in [-0.2, -0.15) is 10.4 Å².